The summed E-state index contributed by atoms with van der Waals surface area (Å²) < 4.78 is 39.9. The zero-order valence-corrected chi connectivity index (χ0v) is 18.4. The molecule has 0 unspecified atom stereocenters. The highest BCUT2D eigenvalue weighted by Crippen LogP contribution is 2.22. The van der Waals surface area contributed by atoms with Gasteiger partial charge in [-0.2, -0.15) is 4.31 Å². The second-order valence-corrected chi connectivity index (χ2v) is 9.66. The van der Waals surface area contributed by atoms with Gasteiger partial charge in [-0.25, -0.2) is 17.8 Å². The predicted molar refractivity (Wildman–Crippen MR) is 117 cm³/mol. The number of benzene rings is 2. The number of anilines is 1. The average Bonchev–Trinajstić information content (AvgIpc) is 2.80. The van der Waals surface area contributed by atoms with Crippen LogP contribution in [0.5, 0.6) is 0 Å². The van der Waals surface area contributed by atoms with Gasteiger partial charge in [0, 0.05) is 37.6 Å². The first-order valence-corrected chi connectivity index (χ1v) is 11.7. The third kappa shape index (κ3) is 4.47. The molecule has 2 amide bonds. The van der Waals surface area contributed by atoms with Crippen LogP contribution in [0, 0.1) is 5.82 Å². The number of rotatable bonds is 4. The van der Waals surface area contributed by atoms with Gasteiger partial charge in [-0.15, -0.1) is 0 Å². The third-order valence-electron chi connectivity index (χ3n) is 5.25. The maximum absolute atomic E-state index is 13.1. The van der Waals surface area contributed by atoms with Crippen LogP contribution in [0.1, 0.15) is 6.42 Å². The van der Waals surface area contributed by atoms with Gasteiger partial charge in [-0.3, -0.25) is 15.0 Å². The highest BCUT2D eigenvalue weighted by atomic mass is 35.5. The molecule has 0 spiro atoms. The summed E-state index contributed by atoms with van der Waals surface area (Å²) in [6.45, 7) is 0.595. The molecule has 0 aromatic heterocycles. The van der Waals surface area contributed by atoms with Gasteiger partial charge in [0.25, 0.3) is 5.91 Å². The van der Waals surface area contributed by atoms with Crippen LogP contribution in [0.3, 0.4) is 0 Å². The largest absolute Gasteiger partial charge is 0.335 e. The Morgan fingerprint density at radius 2 is 1.59 bits per heavy atom. The van der Waals surface area contributed by atoms with Crippen LogP contribution in [0.25, 0.3) is 0 Å². The van der Waals surface area contributed by atoms with E-state index in [-0.39, 0.29) is 55.0 Å². The lowest BCUT2D eigenvalue weighted by Crippen LogP contribution is -2.54. The number of carbonyl (C=O) groups is 2. The zero-order chi connectivity index (χ0) is 22.9. The van der Waals surface area contributed by atoms with Gasteiger partial charge in [0.05, 0.1) is 10.6 Å². The molecule has 1 fully saturated rings. The first kappa shape index (κ1) is 22.3. The van der Waals surface area contributed by atoms with E-state index >= 15 is 0 Å². The third-order valence-corrected chi connectivity index (χ3v) is 7.42. The Labute approximate surface area is 189 Å². The number of nitrogens with one attached hydrogen (secondary N) is 1. The average molecular weight is 479 g/mol. The molecule has 2 aromatic rings. The van der Waals surface area contributed by atoms with Crippen molar-refractivity contribution in [2.45, 2.75) is 11.3 Å². The molecule has 2 heterocycles. The molecular formula is C21H20ClFN4O4S. The highest BCUT2D eigenvalue weighted by molar-refractivity contribution is 7.89. The van der Waals surface area contributed by atoms with Gasteiger partial charge in [-0.05, 0) is 54.6 Å². The molecule has 2 aromatic carbocycles. The summed E-state index contributed by atoms with van der Waals surface area (Å²) in [4.78, 5) is 26.8. The maximum atomic E-state index is 13.1. The van der Waals surface area contributed by atoms with Crippen molar-refractivity contribution in [3.8, 4) is 0 Å². The first-order chi connectivity index (χ1) is 15.3. The van der Waals surface area contributed by atoms with Crippen molar-refractivity contribution >= 4 is 39.1 Å². The second-order valence-electron chi connectivity index (χ2n) is 7.29. The van der Waals surface area contributed by atoms with Crippen molar-refractivity contribution in [3.05, 3.63) is 71.1 Å². The molecule has 2 aliphatic rings. The molecule has 168 valence electrons. The zero-order valence-electron chi connectivity index (χ0n) is 16.9. The summed E-state index contributed by atoms with van der Waals surface area (Å²) in [6, 6.07) is 11.3. The van der Waals surface area contributed by atoms with E-state index in [1.54, 1.807) is 24.3 Å². The van der Waals surface area contributed by atoms with E-state index < -0.39 is 15.8 Å². The van der Waals surface area contributed by atoms with Crippen molar-refractivity contribution in [2.24, 2.45) is 0 Å². The Bertz CT molecular complexity index is 1160. The Hall–Kier alpha value is -2.95. The van der Waals surface area contributed by atoms with Gasteiger partial charge < -0.3 is 4.90 Å². The van der Waals surface area contributed by atoms with E-state index in [0.29, 0.717) is 10.7 Å². The summed E-state index contributed by atoms with van der Waals surface area (Å²) in [6.07, 6.45) is 1.58. The molecule has 0 bridgehead atoms. The molecular weight excluding hydrogens is 459 g/mol. The molecule has 8 nitrogen and oxygen atoms in total. The fourth-order valence-electron chi connectivity index (χ4n) is 3.50. The Morgan fingerprint density at radius 3 is 2.22 bits per heavy atom. The lowest BCUT2D eigenvalue weighted by molar-refractivity contribution is -0.129. The van der Waals surface area contributed by atoms with E-state index in [1.807, 2.05) is 0 Å². The highest BCUT2D eigenvalue weighted by Gasteiger charge is 2.33. The lowest BCUT2D eigenvalue weighted by atomic mass is 10.2. The first-order valence-electron chi connectivity index (χ1n) is 9.86. The molecule has 0 atom stereocenters. The molecule has 32 heavy (non-hydrogen) atoms. The minimum absolute atomic E-state index is 0.00690. The fourth-order valence-corrected chi connectivity index (χ4v) is 5.05. The van der Waals surface area contributed by atoms with E-state index in [0.717, 1.165) is 12.1 Å². The van der Waals surface area contributed by atoms with Gasteiger partial charge in [0.15, 0.2) is 0 Å². The number of nitrogens with zero attached hydrogens (tertiary/aromatic N) is 3. The molecule has 1 saturated heterocycles. The van der Waals surface area contributed by atoms with Gasteiger partial charge >= 0.3 is 0 Å². The lowest BCUT2D eigenvalue weighted by Gasteiger charge is -2.36. The Kier molecular flexibility index (Phi) is 6.18. The summed E-state index contributed by atoms with van der Waals surface area (Å²) in [5, 5.41) is 1.82. The van der Waals surface area contributed by atoms with Crippen LogP contribution in [-0.4, -0.2) is 55.6 Å². The standard InChI is InChI=1S/C21H20ClFN4O4S/c22-15-1-5-17(6-2-15)27-20(28)10-9-19(24-27)21(29)25-11-13-26(14-12-25)32(30,31)18-7-3-16(23)4-8-18/h1-9,24H,10-14H2. The summed E-state index contributed by atoms with van der Waals surface area (Å²) in [7, 11) is -3.77. The summed E-state index contributed by atoms with van der Waals surface area (Å²) >= 11 is 5.90. The molecule has 11 heteroatoms. The van der Waals surface area contributed by atoms with Crippen LogP contribution in [0.15, 0.2) is 65.2 Å². The number of hydrazine groups is 1. The number of hydrogen-bond acceptors (Lipinski definition) is 5. The summed E-state index contributed by atoms with van der Waals surface area (Å²) in [5.41, 5.74) is 3.65. The second kappa shape index (κ2) is 8.89. The Morgan fingerprint density at radius 1 is 0.969 bits per heavy atom. The van der Waals surface area contributed by atoms with Crippen LogP contribution >= 0.6 is 11.6 Å². The number of piperazine rings is 1. The summed E-state index contributed by atoms with van der Waals surface area (Å²) in [5.74, 6) is -1.06. The van der Waals surface area contributed by atoms with E-state index in [1.165, 1.54) is 32.4 Å². The number of halogens is 2. The topological polar surface area (TPSA) is 90.0 Å². The number of sulfonamides is 1. The van der Waals surface area contributed by atoms with Crippen LogP contribution in [0.2, 0.25) is 5.02 Å². The Balaban J connectivity index is 1.41. The van der Waals surface area contributed by atoms with E-state index in [4.69, 9.17) is 11.6 Å². The van der Waals surface area contributed by atoms with Gasteiger partial charge in [0.2, 0.25) is 15.9 Å². The fraction of sp³-hybridized carbons (Fsp3) is 0.238. The molecule has 4 rings (SSSR count). The molecule has 0 saturated carbocycles. The molecule has 0 radical (unpaired) electrons. The number of carbonyl (C=O) groups excluding carboxylic acids is 2. The van der Waals surface area contributed by atoms with E-state index in [2.05, 4.69) is 5.43 Å². The van der Waals surface area contributed by atoms with Crippen molar-refractivity contribution in [2.75, 3.05) is 31.2 Å². The quantitative estimate of drug-likeness (QED) is 0.727. The number of amides is 2. The normalized spacial score (nSPS) is 17.7. The smallest absolute Gasteiger partial charge is 0.271 e. The van der Waals surface area contributed by atoms with Crippen LogP contribution < -0.4 is 10.4 Å². The monoisotopic (exact) mass is 478 g/mol. The van der Waals surface area contributed by atoms with E-state index in [9.17, 15) is 22.4 Å². The predicted octanol–water partition coefficient (Wildman–Crippen LogP) is 2.14. The van der Waals surface area contributed by atoms with Crippen molar-refractivity contribution < 1.29 is 22.4 Å². The minimum Gasteiger partial charge on any atom is -0.335 e. The van der Waals surface area contributed by atoms with Gasteiger partial charge in [0.1, 0.15) is 11.5 Å². The number of hydrogen-bond donors (Lipinski definition) is 1. The van der Waals surface area contributed by atoms with Crippen molar-refractivity contribution in [1.29, 1.82) is 0 Å². The minimum atomic E-state index is -3.77. The van der Waals surface area contributed by atoms with Crippen LogP contribution in [0.4, 0.5) is 10.1 Å². The van der Waals surface area contributed by atoms with Crippen molar-refractivity contribution in [3.63, 3.8) is 0 Å². The molecule has 0 aliphatic carbocycles. The van der Waals surface area contributed by atoms with Gasteiger partial charge in [-0.1, -0.05) is 11.6 Å². The SMILES string of the molecule is O=C(C1=CCC(=O)N(c2ccc(Cl)cc2)N1)N1CCN(S(=O)(=O)c2ccc(F)cc2)CC1. The van der Waals surface area contributed by atoms with Crippen LogP contribution in [-0.2, 0) is 19.6 Å². The van der Waals surface area contributed by atoms with Crippen molar-refractivity contribution in [1.82, 2.24) is 14.6 Å². The molecule has 2 aliphatic heterocycles. The maximum Gasteiger partial charge on any atom is 0.271 e. The molecule has 1 N–H and O–H groups in total.